The van der Waals surface area contributed by atoms with Gasteiger partial charge in [0.1, 0.15) is 0 Å². The van der Waals surface area contributed by atoms with Gasteiger partial charge in [-0.2, -0.15) is 5.10 Å². The quantitative estimate of drug-likeness (QED) is 0.842. The molecule has 1 heterocycles. The van der Waals surface area contributed by atoms with Crippen LogP contribution in [-0.2, 0) is 23.6 Å². The molecule has 100 valence electrons. The normalized spacial score (nSPS) is 20.2. The second-order valence-electron chi connectivity index (χ2n) is 4.91. The Hall–Kier alpha value is -1.17. The summed E-state index contributed by atoms with van der Waals surface area (Å²) in [7, 11) is -0.879. The van der Waals surface area contributed by atoms with E-state index < -0.39 is 10.8 Å². The molecular weight excluding hydrogens is 250 g/mol. The van der Waals surface area contributed by atoms with E-state index in [-0.39, 0.29) is 5.91 Å². The highest BCUT2D eigenvalue weighted by Gasteiger charge is 2.24. The Morgan fingerprint density at radius 2 is 2.39 bits per heavy atom. The molecule has 2 N–H and O–H groups in total. The minimum absolute atomic E-state index is 0.160. The maximum Gasteiger partial charge on any atom is 0.272 e. The molecule has 1 aromatic rings. The molecule has 0 saturated carbocycles. The number of aryl methyl sites for hydroxylation is 1. The van der Waals surface area contributed by atoms with Crippen molar-refractivity contribution in [2.24, 2.45) is 5.92 Å². The first kappa shape index (κ1) is 13.3. The van der Waals surface area contributed by atoms with Crippen LogP contribution in [0.5, 0.6) is 0 Å². The Balaban J connectivity index is 2.02. The molecule has 0 fully saturated rings. The van der Waals surface area contributed by atoms with Crippen molar-refractivity contribution in [3.8, 4) is 0 Å². The van der Waals surface area contributed by atoms with E-state index in [1.165, 1.54) is 0 Å². The molecule has 0 saturated heterocycles. The zero-order valence-corrected chi connectivity index (χ0v) is 11.6. The van der Waals surface area contributed by atoms with Crippen LogP contribution in [0.1, 0.15) is 35.1 Å². The van der Waals surface area contributed by atoms with Gasteiger partial charge >= 0.3 is 0 Å². The van der Waals surface area contributed by atoms with Crippen molar-refractivity contribution in [1.82, 2.24) is 15.5 Å². The summed E-state index contributed by atoms with van der Waals surface area (Å²) in [6.45, 7) is 2.62. The number of hydrogen-bond donors (Lipinski definition) is 2. The Morgan fingerprint density at radius 1 is 1.61 bits per heavy atom. The van der Waals surface area contributed by atoms with Gasteiger partial charge in [0.05, 0.1) is 0 Å². The number of amides is 1. The van der Waals surface area contributed by atoms with Crippen molar-refractivity contribution in [3.63, 3.8) is 0 Å². The second kappa shape index (κ2) is 5.65. The van der Waals surface area contributed by atoms with Crippen molar-refractivity contribution in [3.05, 3.63) is 17.0 Å². The van der Waals surface area contributed by atoms with Gasteiger partial charge in [0, 0.05) is 40.6 Å². The van der Waals surface area contributed by atoms with Crippen molar-refractivity contribution in [2.75, 3.05) is 18.6 Å². The van der Waals surface area contributed by atoms with Crippen LogP contribution in [-0.4, -0.2) is 38.9 Å². The Bertz CT molecular complexity index is 470. The summed E-state index contributed by atoms with van der Waals surface area (Å²) in [5.41, 5.74) is 2.67. The van der Waals surface area contributed by atoms with Gasteiger partial charge < -0.3 is 5.32 Å². The number of H-pyrrole nitrogens is 1. The number of carbonyl (C=O) groups excluding carboxylic acids is 1. The Kier molecular flexibility index (Phi) is 4.16. The largest absolute Gasteiger partial charge is 0.350 e. The van der Waals surface area contributed by atoms with Crippen LogP contribution in [0.15, 0.2) is 0 Å². The third-order valence-electron chi connectivity index (χ3n) is 3.28. The van der Waals surface area contributed by atoms with Crippen LogP contribution in [0, 0.1) is 5.92 Å². The average molecular weight is 269 g/mol. The third-order valence-corrected chi connectivity index (χ3v) is 4.06. The summed E-state index contributed by atoms with van der Waals surface area (Å²) in [6.07, 6.45) is 4.65. The van der Waals surface area contributed by atoms with Crippen molar-refractivity contribution < 1.29 is 9.00 Å². The smallest absolute Gasteiger partial charge is 0.272 e. The molecule has 1 aliphatic carbocycles. The number of carbonyl (C=O) groups is 1. The number of aromatic nitrogens is 2. The number of aromatic amines is 1. The second-order valence-corrected chi connectivity index (χ2v) is 6.47. The van der Waals surface area contributed by atoms with Crippen LogP contribution in [0.3, 0.4) is 0 Å². The zero-order chi connectivity index (χ0) is 13.1. The molecule has 2 atom stereocenters. The van der Waals surface area contributed by atoms with Gasteiger partial charge in [0.15, 0.2) is 5.69 Å². The van der Waals surface area contributed by atoms with E-state index in [2.05, 4.69) is 22.4 Å². The predicted octanol–water partition coefficient (Wildman–Crippen LogP) is 0.643. The predicted molar refractivity (Wildman–Crippen MR) is 71.0 cm³/mol. The first-order chi connectivity index (χ1) is 8.58. The third kappa shape index (κ3) is 2.98. The maximum atomic E-state index is 12.0. The topological polar surface area (TPSA) is 74.8 Å². The molecule has 6 heteroatoms. The molecule has 1 aliphatic rings. The molecule has 1 aromatic heterocycles. The van der Waals surface area contributed by atoms with E-state index in [9.17, 15) is 9.00 Å². The molecule has 0 spiro atoms. The van der Waals surface area contributed by atoms with Gasteiger partial charge in [-0.3, -0.25) is 14.1 Å². The van der Waals surface area contributed by atoms with Gasteiger partial charge in [-0.25, -0.2) is 0 Å². The van der Waals surface area contributed by atoms with Crippen LogP contribution < -0.4 is 5.32 Å². The fraction of sp³-hybridized carbons (Fsp3) is 0.667. The molecule has 0 unspecified atom stereocenters. The first-order valence-electron chi connectivity index (χ1n) is 6.22. The minimum atomic E-state index is -0.879. The highest BCUT2D eigenvalue weighted by Crippen LogP contribution is 2.25. The molecule has 2 rings (SSSR count). The summed E-state index contributed by atoms with van der Waals surface area (Å²) < 4.78 is 10.9. The number of fused-ring (bicyclic) bond motifs is 1. The van der Waals surface area contributed by atoms with Crippen molar-refractivity contribution in [2.45, 2.75) is 26.2 Å². The van der Waals surface area contributed by atoms with E-state index in [1.54, 1.807) is 6.26 Å². The lowest BCUT2D eigenvalue weighted by molar-refractivity contribution is 0.0950. The van der Waals surface area contributed by atoms with Crippen molar-refractivity contribution >= 4 is 16.7 Å². The summed E-state index contributed by atoms with van der Waals surface area (Å²) >= 11 is 0. The van der Waals surface area contributed by atoms with Crippen LogP contribution >= 0.6 is 0 Å². The molecule has 5 nitrogen and oxygen atoms in total. The van der Waals surface area contributed by atoms with Crippen molar-refractivity contribution in [1.29, 1.82) is 0 Å². The van der Waals surface area contributed by atoms with Gasteiger partial charge in [-0.05, 0) is 25.2 Å². The minimum Gasteiger partial charge on any atom is -0.350 e. The van der Waals surface area contributed by atoms with Crippen LogP contribution in [0.25, 0.3) is 0 Å². The fourth-order valence-corrected chi connectivity index (χ4v) is 2.64. The molecule has 1 amide bonds. The molecule has 0 radical (unpaired) electrons. The summed E-state index contributed by atoms with van der Waals surface area (Å²) in [6, 6.07) is 0. The van der Waals surface area contributed by atoms with Gasteiger partial charge in [-0.15, -0.1) is 0 Å². The van der Waals surface area contributed by atoms with E-state index in [0.717, 1.165) is 30.5 Å². The Labute approximate surface area is 109 Å². The van der Waals surface area contributed by atoms with Crippen LogP contribution in [0.4, 0.5) is 0 Å². The van der Waals surface area contributed by atoms with Gasteiger partial charge in [0.25, 0.3) is 5.91 Å². The monoisotopic (exact) mass is 269 g/mol. The highest BCUT2D eigenvalue weighted by molar-refractivity contribution is 7.84. The van der Waals surface area contributed by atoms with E-state index in [4.69, 9.17) is 0 Å². The number of nitrogens with one attached hydrogen (secondary N) is 2. The van der Waals surface area contributed by atoms with Gasteiger partial charge in [-0.1, -0.05) is 6.92 Å². The molecule has 18 heavy (non-hydrogen) atoms. The molecule has 0 aliphatic heterocycles. The van der Waals surface area contributed by atoms with E-state index in [0.29, 0.717) is 23.9 Å². The SMILES string of the molecule is C[C@@H]1CCc2[nH]nc(C(=O)NCC[S@@](C)=O)c2C1. The number of rotatable bonds is 4. The lowest BCUT2D eigenvalue weighted by atomic mass is 9.88. The molecule has 0 aromatic carbocycles. The van der Waals surface area contributed by atoms with Gasteiger partial charge in [0.2, 0.25) is 0 Å². The summed E-state index contributed by atoms with van der Waals surface area (Å²) in [5.74, 6) is 0.922. The lowest BCUT2D eigenvalue weighted by Crippen LogP contribution is -2.29. The maximum absolute atomic E-state index is 12.0. The summed E-state index contributed by atoms with van der Waals surface area (Å²) in [5, 5.41) is 9.84. The number of hydrogen-bond acceptors (Lipinski definition) is 3. The van der Waals surface area contributed by atoms with E-state index in [1.807, 2.05) is 0 Å². The fourth-order valence-electron chi connectivity index (χ4n) is 2.25. The highest BCUT2D eigenvalue weighted by atomic mass is 32.2. The molecule has 0 bridgehead atoms. The van der Waals surface area contributed by atoms with E-state index >= 15 is 0 Å². The zero-order valence-electron chi connectivity index (χ0n) is 10.8. The standard InChI is InChI=1S/C12H19N3O2S/c1-8-3-4-10-9(7-8)11(15-14-10)12(16)13-5-6-18(2)17/h8H,3-7H2,1-2H3,(H,13,16)(H,14,15)/t8-,18-/m1/s1. The Morgan fingerprint density at radius 3 is 3.11 bits per heavy atom. The average Bonchev–Trinajstić information content (AvgIpc) is 2.71. The summed E-state index contributed by atoms with van der Waals surface area (Å²) in [4.78, 5) is 12.0. The van der Waals surface area contributed by atoms with Crippen LogP contribution in [0.2, 0.25) is 0 Å². The first-order valence-corrected chi connectivity index (χ1v) is 7.95. The molecular formula is C12H19N3O2S. The number of nitrogens with zero attached hydrogens (tertiary/aromatic N) is 1. The lowest BCUT2D eigenvalue weighted by Gasteiger charge is -2.17.